The van der Waals surface area contributed by atoms with Crippen molar-refractivity contribution in [3.8, 4) is 77.9 Å². The summed E-state index contributed by atoms with van der Waals surface area (Å²) in [6.45, 7) is 13.2. The molecule has 0 spiro atoms. The van der Waals surface area contributed by atoms with Gasteiger partial charge in [-0.1, -0.05) is 388 Å². The van der Waals surface area contributed by atoms with Crippen molar-refractivity contribution in [3.63, 3.8) is 0 Å². The third kappa shape index (κ3) is 12.9. The van der Waals surface area contributed by atoms with Crippen LogP contribution in [0.3, 0.4) is 0 Å². The fourth-order valence-electron chi connectivity index (χ4n) is 17.7. The summed E-state index contributed by atoms with van der Waals surface area (Å²) < 4.78 is 0. The first kappa shape index (κ1) is 69.9. The highest BCUT2D eigenvalue weighted by atomic mass is 14.3. The minimum Gasteiger partial charge on any atom is -0.0622 e. The zero-order valence-corrected chi connectivity index (χ0v) is 64.1. The highest BCUT2D eigenvalue weighted by Gasteiger charge is 2.22. The van der Waals surface area contributed by atoms with Crippen LogP contribution in [-0.4, -0.2) is 0 Å². The fraction of sp³-hybridized carbons (Fsp3) is 0.0536. The lowest BCUT2D eigenvalue weighted by Gasteiger charge is -2.19. The first-order valence-electron chi connectivity index (χ1n) is 39.1. The van der Waals surface area contributed by atoms with Crippen molar-refractivity contribution < 1.29 is 0 Å². The number of hydrogen-bond donors (Lipinski definition) is 0. The Morgan fingerprint density at radius 1 is 0.116 bits per heavy atom. The maximum Gasteiger partial charge on any atom is -0.00201 e. The summed E-state index contributed by atoms with van der Waals surface area (Å²) in [5.41, 5.74) is 26.4. The van der Waals surface area contributed by atoms with Gasteiger partial charge in [0, 0.05) is 0 Å². The zero-order chi connectivity index (χ0) is 75.8. The van der Waals surface area contributed by atoms with Crippen LogP contribution in [0.5, 0.6) is 0 Å². The Balaban J connectivity index is 0.000000105. The summed E-state index contributed by atoms with van der Waals surface area (Å²) >= 11 is 0. The number of aryl methyl sites for hydroxylation is 6. The molecule has 0 aliphatic heterocycles. The number of hydrogen-bond acceptors (Lipinski definition) is 0. The van der Waals surface area contributed by atoms with E-state index in [2.05, 4.69) is 442 Å². The molecule has 0 heterocycles. The summed E-state index contributed by atoms with van der Waals surface area (Å²) in [7, 11) is 0. The maximum atomic E-state index is 2.35. The molecule has 0 saturated carbocycles. The van der Waals surface area contributed by atoms with E-state index < -0.39 is 0 Å². The molecular formula is C112H84. The van der Waals surface area contributed by atoms with Crippen molar-refractivity contribution in [2.24, 2.45) is 0 Å². The van der Waals surface area contributed by atoms with Crippen molar-refractivity contribution in [3.05, 3.63) is 434 Å². The average Bonchev–Trinajstić information content (AvgIpc) is 0.742. The van der Waals surface area contributed by atoms with Crippen LogP contribution < -0.4 is 0 Å². The van der Waals surface area contributed by atoms with Crippen molar-refractivity contribution in [1.82, 2.24) is 0 Å². The fourth-order valence-corrected chi connectivity index (χ4v) is 17.7. The van der Waals surface area contributed by atoms with E-state index in [0.717, 1.165) is 0 Å². The first-order chi connectivity index (χ1) is 55.1. The second-order valence-corrected chi connectivity index (χ2v) is 29.9. The van der Waals surface area contributed by atoms with Gasteiger partial charge in [0.25, 0.3) is 0 Å². The zero-order valence-electron chi connectivity index (χ0n) is 64.1. The van der Waals surface area contributed by atoms with Crippen molar-refractivity contribution >= 4 is 108 Å². The SMILES string of the molecule is Cc1cc(C)c(-c2c3ccccc3cc3ccccc23)cc1C.Cc1ccccc1-c1c2ccccc2c(-c2ccc3ccccc3c2)c2ccccc12.Cc1ccccc1-c1c2ccccc2c(-c2cccc3ccccc23)c2ccccc12.Cc1ccccc1-c1c2ccccc2c(-c2ccccc2)c2ccccc12. The Morgan fingerprint density at radius 3 is 0.804 bits per heavy atom. The molecular weight excluding hydrogens is 1350 g/mol. The van der Waals surface area contributed by atoms with Gasteiger partial charge in [0.15, 0.2) is 0 Å². The Labute approximate surface area is 656 Å². The monoisotopic (exact) mass is 1430 g/mol. The van der Waals surface area contributed by atoms with Gasteiger partial charge >= 0.3 is 0 Å². The molecule has 21 aromatic carbocycles. The van der Waals surface area contributed by atoms with E-state index >= 15 is 0 Å². The Kier molecular flexibility index (Phi) is 18.9. The predicted molar refractivity (Wildman–Crippen MR) is 487 cm³/mol. The molecule has 0 aromatic heterocycles. The third-order valence-electron chi connectivity index (χ3n) is 23.1. The molecule has 0 unspecified atom stereocenters. The smallest absolute Gasteiger partial charge is 0.00201 e. The molecule has 21 rings (SSSR count). The molecule has 0 aliphatic carbocycles. The van der Waals surface area contributed by atoms with Gasteiger partial charge in [0.2, 0.25) is 0 Å². The molecule has 0 saturated heterocycles. The van der Waals surface area contributed by atoms with Crippen LogP contribution in [-0.2, 0) is 0 Å². The van der Waals surface area contributed by atoms with Crippen LogP contribution >= 0.6 is 0 Å². The van der Waals surface area contributed by atoms with Gasteiger partial charge < -0.3 is 0 Å². The Hall–Kier alpha value is -13.8. The van der Waals surface area contributed by atoms with Crippen LogP contribution in [0.25, 0.3) is 186 Å². The molecule has 0 bridgehead atoms. The summed E-state index contributed by atoms with van der Waals surface area (Å²) in [5, 5.41) is 26.0. The molecule has 0 N–H and O–H groups in total. The van der Waals surface area contributed by atoms with E-state index in [1.807, 2.05) is 0 Å². The van der Waals surface area contributed by atoms with E-state index in [9.17, 15) is 0 Å². The normalized spacial score (nSPS) is 11.3. The van der Waals surface area contributed by atoms with Crippen molar-refractivity contribution in [1.29, 1.82) is 0 Å². The quantitative estimate of drug-likeness (QED) is 0.140. The maximum absolute atomic E-state index is 2.35. The van der Waals surface area contributed by atoms with E-state index in [1.165, 1.54) is 219 Å². The van der Waals surface area contributed by atoms with Crippen molar-refractivity contribution in [2.45, 2.75) is 41.5 Å². The molecule has 0 nitrogen and oxygen atoms in total. The second kappa shape index (κ2) is 30.3. The van der Waals surface area contributed by atoms with E-state index in [4.69, 9.17) is 0 Å². The standard InChI is InChI=1S/2C31H22.C27H20.C23H20/c1-21-10-2-5-13-25(21)31-28-16-8-6-14-26(28)30(27-15-7-9-17-29(27)31)24-19-18-22-11-3-4-12-23(22)20-24;1-21-11-2-4-14-23(21)30-26-16-6-8-18-28(26)31(29-19-9-7-17-27(29)30)25-20-10-13-22-12-3-5-15-24(22)25;1-19-11-5-6-14-21(19)27-24-17-9-7-15-22(24)26(20-12-3-2-4-13-20)23-16-8-10-18-25(23)27;1-15-12-17(3)22(13-16(15)2)23-20-10-6-4-8-18(20)14-19-9-5-7-11-21(19)23/h2*2-20H,1H3;2-18H,1H3;4-14H,1-3H3. The molecule has 0 radical (unpaired) electrons. The van der Waals surface area contributed by atoms with Crippen molar-refractivity contribution in [2.75, 3.05) is 0 Å². The summed E-state index contributed by atoms with van der Waals surface area (Å²) in [4.78, 5) is 0. The Morgan fingerprint density at radius 2 is 0.393 bits per heavy atom. The van der Waals surface area contributed by atoms with Gasteiger partial charge in [-0.2, -0.15) is 0 Å². The summed E-state index contributed by atoms with van der Waals surface area (Å²) in [6, 6.07) is 145. The highest BCUT2D eigenvalue weighted by molar-refractivity contribution is 6.26. The number of benzene rings is 21. The van der Waals surface area contributed by atoms with Crippen LogP contribution in [0, 0.1) is 41.5 Å². The average molecular weight is 1430 g/mol. The molecule has 0 fully saturated rings. The largest absolute Gasteiger partial charge is 0.0622 e. The van der Waals surface area contributed by atoms with Crippen LogP contribution in [0.2, 0.25) is 0 Å². The summed E-state index contributed by atoms with van der Waals surface area (Å²) in [5.74, 6) is 0. The van der Waals surface area contributed by atoms with Crippen LogP contribution in [0.15, 0.2) is 400 Å². The van der Waals surface area contributed by atoms with Gasteiger partial charge in [0.05, 0.1) is 0 Å². The number of rotatable bonds is 7. The molecule has 0 amide bonds. The lowest BCUT2D eigenvalue weighted by Crippen LogP contribution is -1.92. The lowest BCUT2D eigenvalue weighted by atomic mass is 9.84. The van der Waals surface area contributed by atoms with Crippen LogP contribution in [0.1, 0.15) is 33.4 Å². The molecule has 0 atom stereocenters. The van der Waals surface area contributed by atoms with Gasteiger partial charge in [-0.25, -0.2) is 0 Å². The minimum atomic E-state index is 1.27. The first-order valence-corrected chi connectivity index (χ1v) is 39.1. The molecule has 21 aromatic rings. The van der Waals surface area contributed by atoms with Gasteiger partial charge in [-0.05, 0) is 273 Å². The van der Waals surface area contributed by atoms with Crippen LogP contribution in [0.4, 0.5) is 0 Å². The van der Waals surface area contributed by atoms with E-state index in [1.54, 1.807) is 0 Å². The van der Waals surface area contributed by atoms with Gasteiger partial charge in [-0.3, -0.25) is 0 Å². The predicted octanol–water partition coefficient (Wildman–Crippen LogP) is 31.8. The molecule has 0 aliphatic rings. The highest BCUT2D eigenvalue weighted by Crippen LogP contribution is 2.49. The lowest BCUT2D eigenvalue weighted by molar-refractivity contribution is 1.30. The van der Waals surface area contributed by atoms with E-state index in [-0.39, 0.29) is 0 Å². The molecule has 112 heavy (non-hydrogen) atoms. The minimum absolute atomic E-state index is 1.27. The molecule has 0 heteroatoms. The second-order valence-electron chi connectivity index (χ2n) is 29.9. The third-order valence-corrected chi connectivity index (χ3v) is 23.1. The van der Waals surface area contributed by atoms with Gasteiger partial charge in [-0.15, -0.1) is 0 Å². The number of fused-ring (bicyclic) bond motifs is 10. The Bertz CT molecular complexity index is 6960. The molecule has 532 valence electrons. The summed E-state index contributed by atoms with van der Waals surface area (Å²) in [6.07, 6.45) is 0. The topological polar surface area (TPSA) is 0 Å². The van der Waals surface area contributed by atoms with Gasteiger partial charge in [0.1, 0.15) is 0 Å². The van der Waals surface area contributed by atoms with E-state index in [0.29, 0.717) is 0 Å².